The molecule has 0 unspecified atom stereocenters. The first kappa shape index (κ1) is 11.9. The second kappa shape index (κ2) is 4.37. The molecule has 6 heteroatoms. The minimum absolute atomic E-state index is 0.248. The molecule has 0 saturated carbocycles. The molecule has 16 heavy (non-hydrogen) atoms. The number of thioether (sulfide) groups is 1. The van der Waals surface area contributed by atoms with Crippen molar-refractivity contribution in [2.45, 2.75) is 36.7 Å². The zero-order chi connectivity index (χ0) is 11.9. The van der Waals surface area contributed by atoms with Gasteiger partial charge < -0.3 is 20.3 Å². The lowest BCUT2D eigenvalue weighted by atomic mass is 9.95. The molecular formula is C10H16N2O3S. The van der Waals surface area contributed by atoms with Crippen LogP contribution in [0.1, 0.15) is 6.92 Å². The number of ether oxygens (including phenoxy) is 1. The summed E-state index contributed by atoms with van der Waals surface area (Å²) >= 11 is 1.43. The Kier molecular flexibility index (Phi) is 3.25. The van der Waals surface area contributed by atoms with Crippen LogP contribution in [0.15, 0.2) is 17.1 Å². The van der Waals surface area contributed by atoms with Crippen LogP contribution < -0.4 is 5.32 Å². The molecule has 0 bridgehead atoms. The van der Waals surface area contributed by atoms with Gasteiger partial charge in [-0.3, -0.25) is 4.99 Å². The lowest BCUT2D eigenvalue weighted by Crippen LogP contribution is -2.54. The number of amidine groups is 1. The van der Waals surface area contributed by atoms with E-state index in [0.717, 1.165) is 5.17 Å². The Balaban J connectivity index is 2.17. The fourth-order valence-corrected chi connectivity index (χ4v) is 2.95. The Morgan fingerprint density at radius 3 is 2.75 bits per heavy atom. The summed E-state index contributed by atoms with van der Waals surface area (Å²) in [6, 6.07) is -0.405. The van der Waals surface area contributed by atoms with Gasteiger partial charge in [0.15, 0.2) is 5.17 Å². The van der Waals surface area contributed by atoms with E-state index in [0.29, 0.717) is 5.57 Å². The predicted octanol–water partition coefficient (Wildman–Crippen LogP) is -0.300. The third-order valence-electron chi connectivity index (χ3n) is 2.76. The monoisotopic (exact) mass is 244 g/mol. The molecule has 1 fully saturated rings. The van der Waals surface area contributed by atoms with Crippen molar-refractivity contribution in [2.75, 3.05) is 7.05 Å². The van der Waals surface area contributed by atoms with Crippen LogP contribution in [-0.2, 0) is 4.74 Å². The largest absolute Gasteiger partial charge is 0.388 e. The third-order valence-corrected chi connectivity index (χ3v) is 3.92. The number of aliphatic imine (C=N–C) groups is 1. The number of nitrogens with one attached hydrogen (secondary N) is 1. The minimum atomic E-state index is -0.959. The molecule has 5 atom stereocenters. The minimum Gasteiger partial charge on any atom is -0.388 e. The molecular weight excluding hydrogens is 228 g/mol. The number of aliphatic hydroxyl groups excluding tert-OH is 2. The first-order valence-corrected chi connectivity index (χ1v) is 6.01. The van der Waals surface area contributed by atoms with Crippen molar-refractivity contribution in [3.8, 4) is 0 Å². The fraction of sp³-hybridized carbons (Fsp3) is 0.700. The maximum absolute atomic E-state index is 9.96. The van der Waals surface area contributed by atoms with Crippen molar-refractivity contribution in [1.29, 1.82) is 0 Å². The molecule has 1 saturated heterocycles. The van der Waals surface area contributed by atoms with Gasteiger partial charge in [0.2, 0.25) is 0 Å². The zero-order valence-electron chi connectivity index (χ0n) is 9.25. The van der Waals surface area contributed by atoms with Gasteiger partial charge in [-0.05, 0) is 12.5 Å². The molecule has 5 nitrogen and oxygen atoms in total. The highest BCUT2D eigenvalue weighted by Gasteiger charge is 2.48. The average Bonchev–Trinajstić information content (AvgIpc) is 2.66. The van der Waals surface area contributed by atoms with Gasteiger partial charge in [0, 0.05) is 7.05 Å². The summed E-state index contributed by atoms with van der Waals surface area (Å²) in [5, 5.41) is 23.5. The number of rotatable bonds is 1. The third kappa shape index (κ3) is 1.86. The molecule has 0 amide bonds. The SMILES string of the molecule is C=C(C)[C@H]1O[C@@H]2SC(NC)=N[C@@H]2[C@@H](O)[C@@H]1O. The van der Waals surface area contributed by atoms with Gasteiger partial charge in [-0.25, -0.2) is 0 Å². The van der Waals surface area contributed by atoms with Gasteiger partial charge in [-0.15, -0.1) is 0 Å². The Morgan fingerprint density at radius 1 is 1.50 bits per heavy atom. The van der Waals surface area contributed by atoms with E-state index in [1.165, 1.54) is 11.8 Å². The number of hydrogen-bond donors (Lipinski definition) is 3. The standard InChI is InChI=1S/C10H16N2O3S/c1-4(2)8-7(14)6(13)5-9(15-8)16-10(11-3)12-5/h5-9,13-14H,1H2,2-3H3,(H,11,12)/t5-,6-,7+,8-,9-/m1/s1. The van der Waals surface area contributed by atoms with Crippen LogP contribution in [0.4, 0.5) is 0 Å². The summed E-state index contributed by atoms with van der Waals surface area (Å²) in [5.74, 6) is 0. The van der Waals surface area contributed by atoms with Gasteiger partial charge >= 0.3 is 0 Å². The van der Waals surface area contributed by atoms with Crippen LogP contribution in [0.2, 0.25) is 0 Å². The normalized spacial score (nSPS) is 42.5. The van der Waals surface area contributed by atoms with E-state index in [4.69, 9.17) is 4.74 Å². The van der Waals surface area contributed by atoms with Gasteiger partial charge in [0.05, 0.1) is 0 Å². The van der Waals surface area contributed by atoms with E-state index in [9.17, 15) is 10.2 Å². The van der Waals surface area contributed by atoms with Gasteiger partial charge in [0.25, 0.3) is 0 Å². The van der Waals surface area contributed by atoms with E-state index in [-0.39, 0.29) is 5.44 Å². The molecule has 0 radical (unpaired) electrons. The average molecular weight is 244 g/mol. The Bertz CT molecular complexity index is 334. The Hall–Kier alpha value is -0.560. The van der Waals surface area contributed by atoms with E-state index in [2.05, 4.69) is 16.9 Å². The zero-order valence-corrected chi connectivity index (χ0v) is 10.1. The highest BCUT2D eigenvalue weighted by atomic mass is 32.2. The van der Waals surface area contributed by atoms with Crippen LogP contribution >= 0.6 is 11.8 Å². The van der Waals surface area contributed by atoms with Crippen LogP contribution in [0.25, 0.3) is 0 Å². The highest BCUT2D eigenvalue weighted by molar-refractivity contribution is 8.14. The maximum atomic E-state index is 9.96. The van der Waals surface area contributed by atoms with Gasteiger partial charge in [0.1, 0.15) is 29.8 Å². The van der Waals surface area contributed by atoms with Crippen molar-refractivity contribution < 1.29 is 14.9 Å². The van der Waals surface area contributed by atoms with Crippen molar-refractivity contribution in [3.63, 3.8) is 0 Å². The van der Waals surface area contributed by atoms with E-state index >= 15 is 0 Å². The number of hydrogen-bond acceptors (Lipinski definition) is 6. The first-order valence-electron chi connectivity index (χ1n) is 5.13. The number of aliphatic hydroxyl groups is 2. The smallest absolute Gasteiger partial charge is 0.159 e. The van der Waals surface area contributed by atoms with Gasteiger partial charge in [-0.1, -0.05) is 18.3 Å². The molecule has 3 N–H and O–H groups in total. The molecule has 0 aliphatic carbocycles. The quantitative estimate of drug-likeness (QED) is 0.552. The summed E-state index contributed by atoms with van der Waals surface area (Å²) in [4.78, 5) is 4.26. The molecule has 2 aliphatic rings. The van der Waals surface area contributed by atoms with Crippen molar-refractivity contribution in [3.05, 3.63) is 12.2 Å². The second-order valence-corrected chi connectivity index (χ2v) is 5.13. The summed E-state index contributed by atoms with van der Waals surface area (Å²) < 4.78 is 5.69. The molecule has 0 aromatic rings. The lowest BCUT2D eigenvalue weighted by molar-refractivity contribution is -0.138. The number of fused-ring (bicyclic) bond motifs is 1. The van der Waals surface area contributed by atoms with Gasteiger partial charge in [-0.2, -0.15) is 0 Å². The molecule has 90 valence electrons. The predicted molar refractivity (Wildman–Crippen MR) is 63.4 cm³/mol. The van der Waals surface area contributed by atoms with E-state index < -0.39 is 24.4 Å². The maximum Gasteiger partial charge on any atom is 0.159 e. The molecule has 0 spiro atoms. The first-order chi connectivity index (χ1) is 7.54. The van der Waals surface area contributed by atoms with Crippen LogP contribution in [0.3, 0.4) is 0 Å². The second-order valence-electron chi connectivity index (χ2n) is 4.05. The van der Waals surface area contributed by atoms with Crippen LogP contribution in [-0.4, -0.2) is 52.2 Å². The summed E-state index contributed by atoms with van der Waals surface area (Å²) in [5.41, 5.74) is 0.464. The van der Waals surface area contributed by atoms with E-state index in [1.807, 2.05) is 0 Å². The number of nitrogens with zero attached hydrogens (tertiary/aromatic N) is 1. The summed E-state index contributed by atoms with van der Waals surface area (Å²) in [6.07, 6.45) is -2.38. The topological polar surface area (TPSA) is 74.1 Å². The molecule has 0 aromatic carbocycles. The van der Waals surface area contributed by atoms with Crippen molar-refractivity contribution in [2.24, 2.45) is 4.99 Å². The van der Waals surface area contributed by atoms with E-state index in [1.54, 1.807) is 14.0 Å². The molecule has 2 rings (SSSR count). The highest BCUT2D eigenvalue weighted by Crippen LogP contribution is 2.37. The van der Waals surface area contributed by atoms with Crippen LogP contribution in [0, 0.1) is 0 Å². The summed E-state index contributed by atoms with van der Waals surface area (Å²) in [6.45, 7) is 5.54. The fourth-order valence-electron chi connectivity index (χ4n) is 1.89. The van der Waals surface area contributed by atoms with Crippen molar-refractivity contribution >= 4 is 16.9 Å². The molecule has 2 heterocycles. The van der Waals surface area contributed by atoms with Crippen molar-refractivity contribution in [1.82, 2.24) is 5.32 Å². The molecule has 2 aliphatic heterocycles. The lowest BCUT2D eigenvalue weighted by Gasteiger charge is -2.38. The Morgan fingerprint density at radius 2 is 2.19 bits per heavy atom. The molecule has 0 aromatic heterocycles. The van der Waals surface area contributed by atoms with Crippen LogP contribution in [0.5, 0.6) is 0 Å². The summed E-state index contributed by atoms with van der Waals surface area (Å²) in [7, 11) is 1.77. The Labute approximate surface area is 98.6 Å².